The maximum absolute atomic E-state index is 14.5. The number of halogens is 4. The van der Waals surface area contributed by atoms with E-state index in [9.17, 15) is 22.4 Å². The van der Waals surface area contributed by atoms with Gasteiger partial charge in [-0.15, -0.1) is 0 Å². The van der Waals surface area contributed by atoms with Gasteiger partial charge in [-0.3, -0.25) is 14.8 Å². The number of pyridine rings is 3. The molecular weight excluding hydrogens is 412 g/mol. The van der Waals surface area contributed by atoms with Gasteiger partial charge in [0, 0.05) is 42.9 Å². The van der Waals surface area contributed by atoms with Gasteiger partial charge in [0.2, 0.25) is 11.9 Å². The number of carbonyl (C=O) groups excluding carboxylic acids is 1. The third kappa shape index (κ3) is 4.55. The lowest BCUT2D eigenvalue weighted by atomic mass is 9.83. The fourth-order valence-electron chi connectivity index (χ4n) is 3.71. The zero-order valence-corrected chi connectivity index (χ0v) is 16.3. The molecule has 5 nitrogen and oxygen atoms in total. The first-order valence-electron chi connectivity index (χ1n) is 9.74. The summed E-state index contributed by atoms with van der Waals surface area (Å²) in [4.78, 5) is 24.7. The zero-order valence-electron chi connectivity index (χ0n) is 16.3. The molecule has 1 aliphatic carbocycles. The largest absolute Gasteiger partial charge is 0.320 e. The summed E-state index contributed by atoms with van der Waals surface area (Å²) in [6, 6.07) is 6.48. The highest BCUT2D eigenvalue weighted by Crippen LogP contribution is 2.44. The highest BCUT2D eigenvalue weighted by molar-refractivity contribution is 6.06. The van der Waals surface area contributed by atoms with Crippen molar-refractivity contribution in [2.45, 2.75) is 37.5 Å². The zero-order chi connectivity index (χ0) is 22.0. The van der Waals surface area contributed by atoms with Crippen LogP contribution in [0.4, 0.5) is 23.2 Å². The second-order valence-corrected chi connectivity index (χ2v) is 7.41. The molecule has 9 heteroatoms. The van der Waals surface area contributed by atoms with Crippen molar-refractivity contribution in [1.29, 1.82) is 0 Å². The van der Waals surface area contributed by atoms with Crippen molar-refractivity contribution >= 4 is 11.6 Å². The molecule has 0 saturated heterocycles. The lowest BCUT2D eigenvalue weighted by molar-refractivity contribution is -0.0384. The minimum Gasteiger partial charge on any atom is -0.320 e. The first kappa shape index (κ1) is 20.9. The number of rotatable bonds is 4. The van der Waals surface area contributed by atoms with Gasteiger partial charge in [0.05, 0.1) is 16.9 Å². The molecule has 31 heavy (non-hydrogen) atoms. The Labute approximate surface area is 175 Å². The van der Waals surface area contributed by atoms with E-state index in [1.54, 1.807) is 0 Å². The minimum absolute atomic E-state index is 0.000166. The molecule has 0 aliphatic heterocycles. The Morgan fingerprint density at radius 1 is 1.00 bits per heavy atom. The lowest BCUT2D eigenvalue weighted by Gasteiger charge is -2.29. The summed E-state index contributed by atoms with van der Waals surface area (Å²) in [5.41, 5.74) is 0.952. The SMILES string of the molecule is O=C(Nc1c(-c2ncccc2F)ccnc1C1CCC(F)(F)CC1)c1ccc(F)nc1. The molecule has 0 atom stereocenters. The summed E-state index contributed by atoms with van der Waals surface area (Å²) in [5.74, 6) is -5.02. The van der Waals surface area contributed by atoms with Crippen LogP contribution in [0, 0.1) is 11.8 Å². The van der Waals surface area contributed by atoms with Crippen molar-refractivity contribution < 1.29 is 22.4 Å². The second-order valence-electron chi connectivity index (χ2n) is 7.41. The molecular formula is C22H18F4N4O. The van der Waals surface area contributed by atoms with E-state index in [-0.39, 0.29) is 54.1 Å². The topological polar surface area (TPSA) is 67.8 Å². The first-order chi connectivity index (χ1) is 14.8. The Hall–Kier alpha value is -3.36. The third-order valence-corrected chi connectivity index (χ3v) is 5.33. The van der Waals surface area contributed by atoms with E-state index in [1.807, 2.05) is 0 Å². The van der Waals surface area contributed by atoms with Crippen molar-refractivity contribution in [3.63, 3.8) is 0 Å². The van der Waals surface area contributed by atoms with E-state index in [4.69, 9.17) is 0 Å². The summed E-state index contributed by atoms with van der Waals surface area (Å²) in [5, 5.41) is 2.70. The number of anilines is 1. The fourth-order valence-corrected chi connectivity index (χ4v) is 3.71. The van der Waals surface area contributed by atoms with E-state index >= 15 is 0 Å². The van der Waals surface area contributed by atoms with Crippen LogP contribution in [0.15, 0.2) is 48.9 Å². The molecule has 0 unspecified atom stereocenters. The molecule has 0 bridgehead atoms. The van der Waals surface area contributed by atoms with Gasteiger partial charge in [0.1, 0.15) is 11.5 Å². The molecule has 3 heterocycles. The van der Waals surface area contributed by atoms with Crippen LogP contribution in [-0.2, 0) is 0 Å². The maximum Gasteiger partial charge on any atom is 0.257 e. The van der Waals surface area contributed by atoms with Crippen LogP contribution in [0.5, 0.6) is 0 Å². The van der Waals surface area contributed by atoms with Crippen molar-refractivity contribution in [2.24, 2.45) is 0 Å². The molecule has 160 valence electrons. The standard InChI is InChI=1S/C22H18F4N4O/c23-16-2-1-10-27-19(16)15-7-11-28-18(13-5-8-22(25,26)9-6-13)20(15)30-21(31)14-3-4-17(24)29-12-14/h1-4,7,10-13H,5-6,8-9H2,(H,30,31). The Balaban J connectivity index is 1.76. The molecule has 3 aromatic rings. The number of nitrogens with zero attached hydrogens (tertiary/aromatic N) is 3. The predicted molar refractivity (Wildman–Crippen MR) is 106 cm³/mol. The lowest BCUT2D eigenvalue weighted by Crippen LogP contribution is -2.25. The quantitative estimate of drug-likeness (QED) is 0.447. The van der Waals surface area contributed by atoms with Gasteiger partial charge in [0.25, 0.3) is 5.91 Å². The van der Waals surface area contributed by atoms with Crippen LogP contribution < -0.4 is 5.32 Å². The fraction of sp³-hybridized carbons (Fsp3) is 0.273. The molecule has 3 aromatic heterocycles. The highest BCUT2D eigenvalue weighted by Gasteiger charge is 2.37. The minimum atomic E-state index is -2.73. The second kappa shape index (κ2) is 8.41. The van der Waals surface area contributed by atoms with Crippen LogP contribution in [0.1, 0.15) is 47.7 Å². The number of hydrogen-bond acceptors (Lipinski definition) is 4. The predicted octanol–water partition coefficient (Wildman–Crippen LogP) is 5.36. The highest BCUT2D eigenvalue weighted by atomic mass is 19.3. The van der Waals surface area contributed by atoms with Crippen molar-refractivity contribution in [3.05, 3.63) is 71.9 Å². The monoisotopic (exact) mass is 430 g/mol. The summed E-state index contributed by atoms with van der Waals surface area (Å²) in [6.45, 7) is 0. The molecule has 1 fully saturated rings. The molecule has 0 aromatic carbocycles. The molecule has 1 saturated carbocycles. The third-order valence-electron chi connectivity index (χ3n) is 5.33. The van der Waals surface area contributed by atoms with E-state index in [0.29, 0.717) is 5.69 Å². The van der Waals surface area contributed by atoms with Crippen LogP contribution in [-0.4, -0.2) is 26.8 Å². The smallest absolute Gasteiger partial charge is 0.257 e. The van der Waals surface area contributed by atoms with E-state index in [2.05, 4.69) is 20.3 Å². The van der Waals surface area contributed by atoms with E-state index < -0.39 is 23.6 Å². The number of nitrogens with one attached hydrogen (secondary N) is 1. The van der Waals surface area contributed by atoms with Gasteiger partial charge in [-0.05, 0) is 43.2 Å². The summed E-state index contributed by atoms with van der Waals surface area (Å²) < 4.78 is 54.9. The molecule has 0 spiro atoms. The van der Waals surface area contributed by atoms with E-state index in [1.165, 1.54) is 36.7 Å². The molecule has 1 aliphatic rings. The Kier molecular flexibility index (Phi) is 5.67. The van der Waals surface area contributed by atoms with Crippen LogP contribution in [0.25, 0.3) is 11.3 Å². The normalized spacial score (nSPS) is 16.1. The summed E-state index contributed by atoms with van der Waals surface area (Å²) in [6.07, 6.45) is 3.69. The number of carbonyl (C=O) groups is 1. The van der Waals surface area contributed by atoms with Gasteiger partial charge in [-0.25, -0.2) is 18.2 Å². The van der Waals surface area contributed by atoms with Gasteiger partial charge in [-0.1, -0.05) is 0 Å². The van der Waals surface area contributed by atoms with Crippen molar-refractivity contribution in [1.82, 2.24) is 15.0 Å². The van der Waals surface area contributed by atoms with Crippen LogP contribution >= 0.6 is 0 Å². The van der Waals surface area contributed by atoms with Gasteiger partial charge >= 0.3 is 0 Å². The van der Waals surface area contributed by atoms with Gasteiger partial charge in [-0.2, -0.15) is 4.39 Å². The first-order valence-corrected chi connectivity index (χ1v) is 9.74. The maximum atomic E-state index is 14.5. The van der Waals surface area contributed by atoms with Crippen molar-refractivity contribution in [3.8, 4) is 11.3 Å². The van der Waals surface area contributed by atoms with Crippen LogP contribution in [0.3, 0.4) is 0 Å². The molecule has 1 N–H and O–H groups in total. The van der Waals surface area contributed by atoms with Crippen LogP contribution in [0.2, 0.25) is 0 Å². The summed E-state index contributed by atoms with van der Waals surface area (Å²) >= 11 is 0. The Morgan fingerprint density at radius 3 is 2.45 bits per heavy atom. The molecule has 1 amide bonds. The number of aromatic nitrogens is 3. The van der Waals surface area contributed by atoms with Gasteiger partial charge in [0.15, 0.2) is 0 Å². The number of alkyl halides is 2. The average molecular weight is 430 g/mol. The van der Waals surface area contributed by atoms with Gasteiger partial charge < -0.3 is 5.32 Å². The Morgan fingerprint density at radius 2 is 1.77 bits per heavy atom. The van der Waals surface area contributed by atoms with E-state index in [0.717, 1.165) is 12.3 Å². The Bertz CT molecular complexity index is 1090. The number of hydrogen-bond donors (Lipinski definition) is 1. The average Bonchev–Trinajstić information content (AvgIpc) is 2.75. The number of amides is 1. The molecule has 4 rings (SSSR count). The van der Waals surface area contributed by atoms with Crippen molar-refractivity contribution in [2.75, 3.05) is 5.32 Å². The molecule has 0 radical (unpaired) electrons. The summed E-state index contributed by atoms with van der Waals surface area (Å²) in [7, 11) is 0.